The summed E-state index contributed by atoms with van der Waals surface area (Å²) in [6.45, 7) is 7.94. The van der Waals surface area contributed by atoms with Gasteiger partial charge in [-0.2, -0.15) is 0 Å². The zero-order valence-corrected chi connectivity index (χ0v) is 46.9. The Balaban J connectivity index is 4.13. The van der Waals surface area contributed by atoms with E-state index in [2.05, 4.69) is 20.8 Å². The molecule has 0 aliphatic carbocycles. The Morgan fingerprint density at radius 1 is 0.265 bits per heavy atom. The molecule has 0 aliphatic rings. The molecule has 0 aromatic heterocycles. The van der Waals surface area contributed by atoms with Gasteiger partial charge in [0.1, 0.15) is 6.61 Å². The quantitative estimate of drug-likeness (QED) is 0.0449. The van der Waals surface area contributed by atoms with E-state index in [1.165, 1.54) is 302 Å². The summed E-state index contributed by atoms with van der Waals surface area (Å²) in [6.07, 6.45) is 70.0. The van der Waals surface area contributed by atoms with Crippen LogP contribution in [0.25, 0.3) is 0 Å². The average Bonchev–Trinajstić information content (AvgIpc) is 3.34. The van der Waals surface area contributed by atoms with E-state index in [1.54, 1.807) is 0 Å². The second-order valence-corrected chi connectivity index (χ2v) is 21.7. The molecule has 0 fully saturated rings. The molecule has 406 valence electrons. The lowest BCUT2D eigenvalue weighted by molar-refractivity contribution is -0.163. The topological polar surface area (TPSA) is 61.8 Å². The summed E-state index contributed by atoms with van der Waals surface area (Å²) in [4.78, 5) is 25.6. The van der Waals surface area contributed by atoms with Crippen LogP contribution < -0.4 is 0 Å². The summed E-state index contributed by atoms with van der Waals surface area (Å²) in [6, 6.07) is 0. The number of ether oxygens (including phenoxy) is 3. The Hall–Kier alpha value is -1.10. The summed E-state index contributed by atoms with van der Waals surface area (Å²) in [5.41, 5.74) is 0. The Bertz CT molecular complexity index is 952. The summed E-state index contributed by atoms with van der Waals surface area (Å²) in [7, 11) is 0. The average molecular weight is 962 g/mol. The summed E-state index contributed by atoms with van der Waals surface area (Å²) in [5, 5.41) is 0. The molecule has 0 aliphatic heterocycles. The van der Waals surface area contributed by atoms with Crippen molar-refractivity contribution in [3.05, 3.63) is 0 Å². The maximum atomic E-state index is 12.9. The molecule has 5 nitrogen and oxygen atoms in total. The van der Waals surface area contributed by atoms with Crippen LogP contribution in [0, 0.1) is 0 Å². The number of rotatable bonds is 60. The van der Waals surface area contributed by atoms with Gasteiger partial charge in [0.2, 0.25) is 0 Å². The van der Waals surface area contributed by atoms with Gasteiger partial charge >= 0.3 is 11.9 Å². The molecule has 0 heterocycles. The number of carbonyl (C=O) groups is 2. The zero-order chi connectivity index (χ0) is 49.2. The van der Waals surface area contributed by atoms with Crippen LogP contribution in [0.15, 0.2) is 0 Å². The number of esters is 2. The fourth-order valence-electron chi connectivity index (χ4n) is 9.93. The second-order valence-electron chi connectivity index (χ2n) is 21.7. The molecule has 0 aromatic carbocycles. The molecule has 0 spiro atoms. The van der Waals surface area contributed by atoms with Crippen molar-refractivity contribution in [2.75, 3.05) is 19.8 Å². The smallest absolute Gasteiger partial charge is 0.306 e. The highest BCUT2D eigenvalue weighted by Crippen LogP contribution is 2.18. The highest BCUT2D eigenvalue weighted by atomic mass is 16.6. The van der Waals surface area contributed by atoms with Gasteiger partial charge in [0.15, 0.2) is 6.10 Å². The van der Waals surface area contributed by atoms with Crippen molar-refractivity contribution in [2.24, 2.45) is 0 Å². The normalized spacial score (nSPS) is 12.0. The summed E-state index contributed by atoms with van der Waals surface area (Å²) in [5.74, 6) is -0.362. The van der Waals surface area contributed by atoms with Gasteiger partial charge in [-0.1, -0.05) is 335 Å². The Labute approximate surface area is 427 Å². The minimum absolute atomic E-state index is 0.0988. The lowest BCUT2D eigenvalue weighted by atomic mass is 10.0. The first-order valence-corrected chi connectivity index (χ1v) is 31.6. The Morgan fingerprint density at radius 3 is 0.750 bits per heavy atom. The minimum atomic E-state index is -0.524. The molecule has 0 aromatic rings. The third-order valence-electron chi connectivity index (χ3n) is 14.6. The number of hydrogen-bond acceptors (Lipinski definition) is 5. The van der Waals surface area contributed by atoms with Gasteiger partial charge < -0.3 is 14.2 Å². The van der Waals surface area contributed by atoms with Crippen molar-refractivity contribution in [3.8, 4) is 0 Å². The van der Waals surface area contributed by atoms with Crippen molar-refractivity contribution < 1.29 is 23.8 Å². The molecule has 0 amide bonds. The SMILES string of the molecule is CCCCCCCCCCCCCCCCCCCCCCOCC(COC(=O)CCCCCCCCCCCCCCCCCCCCC)OC(=O)CCCCCCCCCCCCCCC. The molecule has 68 heavy (non-hydrogen) atoms. The lowest BCUT2D eigenvalue weighted by Gasteiger charge is -2.18. The molecule has 0 saturated heterocycles. The fourth-order valence-corrected chi connectivity index (χ4v) is 9.93. The van der Waals surface area contributed by atoms with E-state index >= 15 is 0 Å². The third-order valence-corrected chi connectivity index (χ3v) is 14.6. The van der Waals surface area contributed by atoms with Crippen LogP contribution in [0.2, 0.25) is 0 Å². The first-order chi connectivity index (χ1) is 33.6. The van der Waals surface area contributed by atoms with Crippen LogP contribution in [0.5, 0.6) is 0 Å². The fraction of sp³-hybridized carbons (Fsp3) is 0.968. The van der Waals surface area contributed by atoms with Gasteiger partial charge in [-0.15, -0.1) is 0 Å². The van der Waals surface area contributed by atoms with Crippen LogP contribution in [-0.4, -0.2) is 37.9 Å². The van der Waals surface area contributed by atoms with Crippen molar-refractivity contribution in [1.82, 2.24) is 0 Å². The largest absolute Gasteiger partial charge is 0.462 e. The molecule has 0 N–H and O–H groups in total. The maximum Gasteiger partial charge on any atom is 0.306 e. The lowest BCUT2D eigenvalue weighted by Crippen LogP contribution is -2.30. The van der Waals surface area contributed by atoms with E-state index < -0.39 is 6.10 Å². The Morgan fingerprint density at radius 2 is 0.485 bits per heavy atom. The molecular weight excluding hydrogens is 837 g/mol. The van der Waals surface area contributed by atoms with Crippen LogP contribution in [0.4, 0.5) is 0 Å². The van der Waals surface area contributed by atoms with E-state index in [9.17, 15) is 9.59 Å². The van der Waals surface area contributed by atoms with Crippen molar-refractivity contribution in [1.29, 1.82) is 0 Å². The van der Waals surface area contributed by atoms with Gasteiger partial charge in [-0.3, -0.25) is 9.59 Å². The molecule has 5 heteroatoms. The van der Waals surface area contributed by atoms with Crippen molar-refractivity contribution in [2.45, 2.75) is 374 Å². The number of hydrogen-bond donors (Lipinski definition) is 0. The first-order valence-electron chi connectivity index (χ1n) is 31.6. The number of unbranched alkanes of at least 4 members (excludes halogenated alkanes) is 49. The number of carbonyl (C=O) groups excluding carboxylic acids is 2. The Kier molecular flexibility index (Phi) is 59.2. The highest BCUT2D eigenvalue weighted by Gasteiger charge is 2.18. The zero-order valence-electron chi connectivity index (χ0n) is 46.9. The van der Waals surface area contributed by atoms with Crippen LogP contribution in [0.3, 0.4) is 0 Å². The second kappa shape index (κ2) is 60.2. The van der Waals surface area contributed by atoms with Crippen LogP contribution in [0.1, 0.15) is 367 Å². The molecule has 0 saturated carbocycles. The van der Waals surface area contributed by atoms with E-state index in [1.807, 2.05) is 0 Å². The predicted molar refractivity (Wildman–Crippen MR) is 298 cm³/mol. The summed E-state index contributed by atoms with van der Waals surface area (Å²) < 4.78 is 17.5. The molecule has 0 rings (SSSR count). The maximum absolute atomic E-state index is 12.9. The first kappa shape index (κ1) is 66.9. The van der Waals surface area contributed by atoms with Crippen molar-refractivity contribution in [3.63, 3.8) is 0 Å². The van der Waals surface area contributed by atoms with Crippen molar-refractivity contribution >= 4 is 11.9 Å². The predicted octanol–water partition coefficient (Wildman–Crippen LogP) is 21.6. The molecule has 1 unspecified atom stereocenters. The van der Waals surface area contributed by atoms with Crippen LogP contribution >= 0.6 is 0 Å². The summed E-state index contributed by atoms with van der Waals surface area (Å²) >= 11 is 0. The highest BCUT2D eigenvalue weighted by molar-refractivity contribution is 5.70. The molecular formula is C63H124O5. The monoisotopic (exact) mass is 961 g/mol. The van der Waals surface area contributed by atoms with E-state index in [0.29, 0.717) is 26.1 Å². The van der Waals surface area contributed by atoms with Gasteiger partial charge in [-0.25, -0.2) is 0 Å². The minimum Gasteiger partial charge on any atom is -0.462 e. The van der Waals surface area contributed by atoms with E-state index in [-0.39, 0.29) is 18.5 Å². The van der Waals surface area contributed by atoms with Crippen LogP contribution in [-0.2, 0) is 23.8 Å². The van der Waals surface area contributed by atoms with Gasteiger partial charge in [0.05, 0.1) is 6.61 Å². The van der Waals surface area contributed by atoms with Gasteiger partial charge in [-0.05, 0) is 19.3 Å². The molecule has 0 radical (unpaired) electrons. The standard InChI is InChI=1S/C63H124O5/c1-4-7-10-13-16-19-22-25-27-29-31-33-35-37-40-43-46-49-52-55-58-66-59-61(68-63(65)57-54-51-48-45-42-38-24-21-18-15-12-9-6-3)60-67-62(64)56-53-50-47-44-41-39-36-34-32-30-28-26-23-20-17-14-11-8-5-2/h61H,4-60H2,1-3H3. The molecule has 1 atom stereocenters. The third kappa shape index (κ3) is 57.5. The van der Waals surface area contributed by atoms with Gasteiger partial charge in [0, 0.05) is 19.4 Å². The van der Waals surface area contributed by atoms with E-state index in [4.69, 9.17) is 14.2 Å². The van der Waals surface area contributed by atoms with E-state index in [0.717, 1.165) is 32.1 Å². The van der Waals surface area contributed by atoms with Gasteiger partial charge in [0.25, 0.3) is 0 Å². The molecule has 0 bridgehead atoms.